The zero-order valence-electron chi connectivity index (χ0n) is 14.8. The molecule has 0 atom stereocenters. The summed E-state index contributed by atoms with van der Waals surface area (Å²) < 4.78 is 0. The molecule has 0 unspecified atom stereocenters. The molecule has 26 heavy (non-hydrogen) atoms. The summed E-state index contributed by atoms with van der Waals surface area (Å²) in [6, 6.07) is 8.36. The lowest BCUT2D eigenvalue weighted by Crippen LogP contribution is -2.38. The lowest BCUT2D eigenvalue weighted by molar-refractivity contribution is 0.0694. The number of anilines is 1. The maximum atomic E-state index is 12.4. The van der Waals surface area contributed by atoms with Gasteiger partial charge in [-0.15, -0.1) is 0 Å². The highest BCUT2D eigenvalue weighted by atomic mass is 16.3. The maximum Gasteiger partial charge on any atom is 0.322 e. The topological polar surface area (TPSA) is 94.6 Å². The van der Waals surface area contributed by atoms with Crippen LogP contribution < -0.4 is 10.6 Å². The molecular weight excluding hydrogens is 332 g/mol. The summed E-state index contributed by atoms with van der Waals surface area (Å²) in [6.45, 7) is 4.50. The molecule has 7 heteroatoms. The number of nitrogens with zero attached hydrogens (tertiary/aromatic N) is 2. The highest BCUT2D eigenvalue weighted by Crippen LogP contribution is 2.22. The molecule has 136 valence electrons. The number of aliphatic hydroxyl groups is 1. The summed E-state index contributed by atoms with van der Waals surface area (Å²) in [5.74, 6) is -0.271. The van der Waals surface area contributed by atoms with Gasteiger partial charge in [0, 0.05) is 43.3 Å². The van der Waals surface area contributed by atoms with Gasteiger partial charge in [0.25, 0.3) is 5.91 Å². The smallest absolute Gasteiger partial charge is 0.322 e. The number of fused-ring (bicyclic) bond motifs is 1. The van der Waals surface area contributed by atoms with Gasteiger partial charge in [-0.05, 0) is 55.3 Å². The molecule has 0 saturated carbocycles. The minimum Gasteiger partial charge on any atom is -0.389 e. The first-order valence-electron chi connectivity index (χ1n) is 8.40. The van der Waals surface area contributed by atoms with Crippen molar-refractivity contribution in [3.63, 3.8) is 0 Å². The van der Waals surface area contributed by atoms with Gasteiger partial charge >= 0.3 is 6.03 Å². The molecule has 3 N–H and O–H groups in total. The fourth-order valence-corrected chi connectivity index (χ4v) is 2.67. The summed E-state index contributed by atoms with van der Waals surface area (Å²) in [6.07, 6.45) is 3.51. The van der Waals surface area contributed by atoms with Crippen LogP contribution in [0.3, 0.4) is 0 Å². The third kappa shape index (κ3) is 4.37. The first-order valence-corrected chi connectivity index (χ1v) is 8.40. The molecule has 0 fully saturated rings. The second-order valence-electron chi connectivity index (χ2n) is 7.00. The average Bonchev–Trinajstić information content (AvgIpc) is 3.04. The van der Waals surface area contributed by atoms with Crippen LogP contribution in [0.4, 0.5) is 10.5 Å². The SMILES string of the molecule is CC(C)(O)CNC(=O)c1ccc(NC(=O)N2Cc3ccncc3C2)cc1. The molecule has 0 bridgehead atoms. The standard InChI is InChI=1S/C19H22N4O3/c1-19(2,26)12-21-17(24)13-3-5-16(6-4-13)22-18(25)23-10-14-7-8-20-9-15(14)11-23/h3-9,26H,10-12H2,1-2H3,(H,21,24)(H,22,25). The minimum atomic E-state index is -0.966. The van der Waals surface area contributed by atoms with Gasteiger partial charge in [-0.25, -0.2) is 4.79 Å². The molecule has 0 saturated heterocycles. The number of hydrogen-bond acceptors (Lipinski definition) is 4. The number of carbonyl (C=O) groups is 2. The van der Waals surface area contributed by atoms with Crippen molar-refractivity contribution in [2.75, 3.05) is 11.9 Å². The first kappa shape index (κ1) is 17.9. The number of pyridine rings is 1. The number of aromatic nitrogens is 1. The third-order valence-corrected chi connectivity index (χ3v) is 4.09. The number of amides is 3. The van der Waals surface area contributed by atoms with Crippen LogP contribution in [0.5, 0.6) is 0 Å². The molecule has 2 aromatic rings. The summed E-state index contributed by atoms with van der Waals surface area (Å²) in [5.41, 5.74) is 2.28. The normalized spacial score (nSPS) is 13.3. The van der Waals surface area contributed by atoms with Crippen LogP contribution in [-0.4, -0.2) is 39.1 Å². The molecule has 0 spiro atoms. The van der Waals surface area contributed by atoms with E-state index in [4.69, 9.17) is 0 Å². The van der Waals surface area contributed by atoms with Crippen molar-refractivity contribution in [1.82, 2.24) is 15.2 Å². The third-order valence-electron chi connectivity index (χ3n) is 4.09. The highest BCUT2D eigenvalue weighted by Gasteiger charge is 2.23. The van der Waals surface area contributed by atoms with E-state index in [2.05, 4.69) is 15.6 Å². The van der Waals surface area contributed by atoms with Crippen LogP contribution in [0.1, 0.15) is 35.3 Å². The van der Waals surface area contributed by atoms with Gasteiger partial charge in [-0.2, -0.15) is 0 Å². The number of urea groups is 1. The van der Waals surface area contributed by atoms with Gasteiger partial charge in [-0.1, -0.05) is 0 Å². The predicted molar refractivity (Wildman–Crippen MR) is 97.6 cm³/mol. The van der Waals surface area contributed by atoms with Crippen molar-refractivity contribution in [2.45, 2.75) is 32.5 Å². The molecule has 1 aromatic heterocycles. The fraction of sp³-hybridized carbons (Fsp3) is 0.316. The molecule has 1 aromatic carbocycles. The quantitative estimate of drug-likeness (QED) is 0.784. The summed E-state index contributed by atoms with van der Waals surface area (Å²) in [5, 5.41) is 15.2. The van der Waals surface area contributed by atoms with E-state index in [-0.39, 0.29) is 18.5 Å². The van der Waals surface area contributed by atoms with Crippen LogP contribution in [-0.2, 0) is 13.1 Å². The molecule has 3 amide bonds. The maximum absolute atomic E-state index is 12.4. The van der Waals surface area contributed by atoms with Crippen LogP contribution in [0.2, 0.25) is 0 Å². The molecular formula is C19H22N4O3. The van der Waals surface area contributed by atoms with E-state index in [0.29, 0.717) is 24.3 Å². The van der Waals surface area contributed by atoms with Crippen molar-refractivity contribution < 1.29 is 14.7 Å². The predicted octanol–water partition coefficient (Wildman–Crippen LogP) is 2.13. The summed E-state index contributed by atoms with van der Waals surface area (Å²) in [7, 11) is 0. The molecule has 2 heterocycles. The number of hydrogen-bond donors (Lipinski definition) is 3. The monoisotopic (exact) mass is 354 g/mol. The van der Waals surface area contributed by atoms with E-state index in [1.165, 1.54) is 0 Å². The van der Waals surface area contributed by atoms with Crippen LogP contribution in [0, 0.1) is 0 Å². The van der Waals surface area contributed by atoms with Gasteiger partial charge in [0.05, 0.1) is 5.60 Å². The van der Waals surface area contributed by atoms with Gasteiger partial charge < -0.3 is 20.6 Å². The van der Waals surface area contributed by atoms with Crippen molar-refractivity contribution in [2.24, 2.45) is 0 Å². The molecule has 0 aliphatic carbocycles. The molecule has 3 rings (SSSR count). The van der Waals surface area contributed by atoms with Crippen molar-refractivity contribution >= 4 is 17.6 Å². The second kappa shape index (κ2) is 7.13. The number of nitrogens with one attached hydrogen (secondary N) is 2. The molecule has 0 radical (unpaired) electrons. The fourth-order valence-electron chi connectivity index (χ4n) is 2.67. The Balaban J connectivity index is 1.56. The minimum absolute atomic E-state index is 0.161. The van der Waals surface area contributed by atoms with Gasteiger partial charge in [0.1, 0.15) is 0 Å². The Morgan fingerprint density at radius 2 is 1.85 bits per heavy atom. The first-order chi connectivity index (χ1) is 12.3. The van der Waals surface area contributed by atoms with E-state index in [9.17, 15) is 14.7 Å². The van der Waals surface area contributed by atoms with E-state index >= 15 is 0 Å². The van der Waals surface area contributed by atoms with E-state index in [1.807, 2.05) is 6.07 Å². The molecule has 7 nitrogen and oxygen atoms in total. The number of benzene rings is 1. The highest BCUT2D eigenvalue weighted by molar-refractivity contribution is 5.95. The molecule has 1 aliphatic heterocycles. The Kier molecular flexibility index (Phi) is 4.90. The Hall–Kier alpha value is -2.93. The van der Waals surface area contributed by atoms with Crippen molar-refractivity contribution in [3.8, 4) is 0 Å². The lowest BCUT2D eigenvalue weighted by atomic mass is 10.1. The van der Waals surface area contributed by atoms with Gasteiger partial charge in [0.15, 0.2) is 0 Å². The lowest BCUT2D eigenvalue weighted by Gasteiger charge is -2.18. The Bertz CT molecular complexity index is 787. The largest absolute Gasteiger partial charge is 0.389 e. The zero-order valence-corrected chi connectivity index (χ0v) is 14.8. The van der Waals surface area contributed by atoms with E-state index in [0.717, 1.165) is 11.1 Å². The van der Waals surface area contributed by atoms with Crippen molar-refractivity contribution in [1.29, 1.82) is 0 Å². The average molecular weight is 354 g/mol. The number of rotatable bonds is 4. The second-order valence-corrected chi connectivity index (χ2v) is 7.00. The van der Waals surface area contributed by atoms with E-state index in [1.54, 1.807) is 55.4 Å². The number of carbonyl (C=O) groups excluding carboxylic acids is 2. The van der Waals surface area contributed by atoms with E-state index < -0.39 is 5.60 Å². The van der Waals surface area contributed by atoms with Crippen LogP contribution in [0.15, 0.2) is 42.7 Å². The van der Waals surface area contributed by atoms with Crippen molar-refractivity contribution in [3.05, 3.63) is 59.4 Å². The van der Waals surface area contributed by atoms with Gasteiger partial charge in [0.2, 0.25) is 0 Å². The summed E-state index contributed by atoms with van der Waals surface area (Å²) >= 11 is 0. The Labute approximate surface area is 152 Å². The Morgan fingerprint density at radius 1 is 1.15 bits per heavy atom. The van der Waals surface area contributed by atoms with Crippen LogP contribution in [0.25, 0.3) is 0 Å². The van der Waals surface area contributed by atoms with Crippen LogP contribution >= 0.6 is 0 Å². The summed E-state index contributed by atoms with van der Waals surface area (Å²) in [4.78, 5) is 30.2. The Morgan fingerprint density at radius 3 is 2.50 bits per heavy atom. The zero-order chi connectivity index (χ0) is 18.7. The van der Waals surface area contributed by atoms with Gasteiger partial charge in [-0.3, -0.25) is 9.78 Å². The molecule has 1 aliphatic rings.